The Labute approximate surface area is 201 Å². The lowest BCUT2D eigenvalue weighted by Crippen LogP contribution is -2.38. The third-order valence-corrected chi connectivity index (χ3v) is 8.04. The van der Waals surface area contributed by atoms with Gasteiger partial charge in [0.2, 0.25) is 5.95 Å². The zero-order chi connectivity index (χ0) is 23.9. The molecule has 0 amide bonds. The Balaban J connectivity index is 1.50. The van der Waals surface area contributed by atoms with E-state index in [4.69, 9.17) is 9.84 Å². The molecule has 3 aromatic heterocycles. The number of hydrogen-bond donors (Lipinski definition) is 2. The van der Waals surface area contributed by atoms with Crippen LogP contribution in [-0.4, -0.2) is 54.8 Å². The van der Waals surface area contributed by atoms with Gasteiger partial charge in [-0.2, -0.15) is 5.10 Å². The van der Waals surface area contributed by atoms with Gasteiger partial charge < -0.3 is 15.2 Å². The van der Waals surface area contributed by atoms with Crippen LogP contribution in [0.5, 0.6) is 0 Å². The average molecular weight is 467 g/mol. The highest BCUT2D eigenvalue weighted by Gasteiger charge is 2.37. The Morgan fingerprint density at radius 2 is 1.94 bits per heavy atom. The Kier molecular flexibility index (Phi) is 6.37. The van der Waals surface area contributed by atoms with Crippen molar-refractivity contribution in [3.8, 4) is 11.1 Å². The minimum atomic E-state index is -0.562. The van der Waals surface area contributed by atoms with E-state index < -0.39 is 5.60 Å². The summed E-state index contributed by atoms with van der Waals surface area (Å²) in [6.07, 6.45) is 13.3. The lowest BCUT2D eigenvalue weighted by Gasteiger charge is -2.39. The second-order valence-corrected chi connectivity index (χ2v) is 10.7. The van der Waals surface area contributed by atoms with Crippen LogP contribution in [0, 0.1) is 5.92 Å². The molecule has 3 heterocycles. The van der Waals surface area contributed by atoms with Crippen molar-refractivity contribution >= 4 is 11.5 Å². The lowest BCUT2D eigenvalue weighted by molar-refractivity contribution is -0.0412. The largest absolute Gasteiger partial charge is 0.390 e. The summed E-state index contributed by atoms with van der Waals surface area (Å²) < 4.78 is 9.45. The zero-order valence-corrected chi connectivity index (χ0v) is 20.9. The Morgan fingerprint density at radius 3 is 2.59 bits per heavy atom. The number of nitrogens with zero attached hydrogens (tertiary/aromatic N) is 5. The maximum Gasteiger partial charge on any atom is 0.241 e. The Bertz CT molecular complexity index is 1120. The summed E-state index contributed by atoms with van der Waals surface area (Å²) in [6, 6.07) is 2.92. The molecule has 8 heteroatoms. The normalized spacial score (nSPS) is 24.5. The fourth-order valence-electron chi connectivity index (χ4n) is 5.43. The summed E-state index contributed by atoms with van der Waals surface area (Å²) in [7, 11) is 1.70. The summed E-state index contributed by atoms with van der Waals surface area (Å²) in [5.74, 6) is 1.21. The molecular weight excluding hydrogens is 428 g/mol. The number of aliphatic hydroxyl groups is 1. The quantitative estimate of drug-likeness (QED) is 0.495. The van der Waals surface area contributed by atoms with Crippen LogP contribution < -0.4 is 5.32 Å². The second kappa shape index (κ2) is 9.30. The van der Waals surface area contributed by atoms with Crippen LogP contribution in [0.4, 0.5) is 5.95 Å². The molecule has 0 bridgehead atoms. The molecule has 2 N–H and O–H groups in total. The zero-order valence-electron chi connectivity index (χ0n) is 20.9. The molecule has 2 aliphatic rings. The van der Waals surface area contributed by atoms with E-state index in [0.717, 1.165) is 42.3 Å². The van der Waals surface area contributed by atoms with E-state index >= 15 is 0 Å². The summed E-state index contributed by atoms with van der Waals surface area (Å²) in [4.78, 5) is 4.62. The SMILES string of the molecule is COC[C@H](C)Nc1ncc2c(-c3cnn(C4CCC4)c3)cc(C3CCC(O)(C(C)C)CC3)n2n1. The van der Waals surface area contributed by atoms with Crippen molar-refractivity contribution in [2.75, 3.05) is 19.0 Å². The molecule has 0 aliphatic heterocycles. The predicted octanol–water partition coefficient (Wildman–Crippen LogP) is 4.81. The molecule has 2 aliphatic carbocycles. The standard InChI is InChI=1S/C26H38N6O2/c1-17(2)26(33)10-8-19(9-11-26)23-12-22(20-13-28-31(15-20)21-6-5-7-21)24-14-27-25(30-32(23)24)29-18(3)16-34-4/h12-15,17-19,21,33H,5-11,16H2,1-4H3,(H,29,30)/t18-,19?,26?/m0/s1. The van der Waals surface area contributed by atoms with Crippen molar-refractivity contribution in [1.29, 1.82) is 0 Å². The molecule has 8 nitrogen and oxygen atoms in total. The second-order valence-electron chi connectivity index (χ2n) is 10.7. The molecule has 184 valence electrons. The number of nitrogens with one attached hydrogen (secondary N) is 1. The van der Waals surface area contributed by atoms with E-state index in [2.05, 4.69) is 57.6 Å². The van der Waals surface area contributed by atoms with Crippen LogP contribution in [0.2, 0.25) is 0 Å². The molecule has 0 spiro atoms. The first-order valence-corrected chi connectivity index (χ1v) is 12.8. The van der Waals surface area contributed by atoms with Gasteiger partial charge in [0.15, 0.2) is 0 Å². The highest BCUT2D eigenvalue weighted by Crippen LogP contribution is 2.43. The molecular formula is C26H38N6O2. The number of methoxy groups -OCH3 is 1. The van der Waals surface area contributed by atoms with Crippen molar-refractivity contribution < 1.29 is 9.84 Å². The fourth-order valence-corrected chi connectivity index (χ4v) is 5.43. The first kappa shape index (κ1) is 23.3. The van der Waals surface area contributed by atoms with Crippen LogP contribution in [0.3, 0.4) is 0 Å². The van der Waals surface area contributed by atoms with Gasteiger partial charge in [0.25, 0.3) is 0 Å². The highest BCUT2D eigenvalue weighted by molar-refractivity contribution is 5.81. The summed E-state index contributed by atoms with van der Waals surface area (Å²) in [6.45, 7) is 6.89. The van der Waals surface area contributed by atoms with E-state index in [1.807, 2.05) is 12.4 Å². The predicted molar refractivity (Wildman–Crippen MR) is 133 cm³/mol. The van der Waals surface area contributed by atoms with Gasteiger partial charge in [0.1, 0.15) is 0 Å². The minimum absolute atomic E-state index is 0.109. The fraction of sp³-hybridized carbons (Fsp3) is 0.654. The number of hydrogen-bond acceptors (Lipinski definition) is 6. The molecule has 5 rings (SSSR count). The molecule has 0 radical (unpaired) electrons. The van der Waals surface area contributed by atoms with E-state index in [1.54, 1.807) is 7.11 Å². The van der Waals surface area contributed by atoms with Gasteiger partial charge in [-0.1, -0.05) is 13.8 Å². The van der Waals surface area contributed by atoms with Gasteiger partial charge in [-0.25, -0.2) is 9.50 Å². The number of fused-ring (bicyclic) bond motifs is 1. The molecule has 0 unspecified atom stereocenters. The van der Waals surface area contributed by atoms with Crippen molar-refractivity contribution in [2.24, 2.45) is 5.92 Å². The summed E-state index contributed by atoms with van der Waals surface area (Å²) in [5.41, 5.74) is 3.87. The van der Waals surface area contributed by atoms with Crippen LogP contribution >= 0.6 is 0 Å². The van der Waals surface area contributed by atoms with Gasteiger partial charge in [0.05, 0.1) is 36.2 Å². The maximum absolute atomic E-state index is 11.0. The summed E-state index contributed by atoms with van der Waals surface area (Å²) >= 11 is 0. The van der Waals surface area contributed by atoms with Crippen molar-refractivity contribution in [3.63, 3.8) is 0 Å². The van der Waals surface area contributed by atoms with Gasteiger partial charge >= 0.3 is 0 Å². The number of ether oxygens (including phenoxy) is 1. The molecule has 1 atom stereocenters. The Hall–Kier alpha value is -2.45. The smallest absolute Gasteiger partial charge is 0.241 e. The molecule has 34 heavy (non-hydrogen) atoms. The van der Waals surface area contributed by atoms with E-state index in [-0.39, 0.29) is 12.0 Å². The Morgan fingerprint density at radius 1 is 1.18 bits per heavy atom. The van der Waals surface area contributed by atoms with Gasteiger partial charge in [0, 0.05) is 42.1 Å². The molecule has 0 saturated heterocycles. The first-order chi connectivity index (χ1) is 16.4. The third kappa shape index (κ3) is 4.33. The van der Waals surface area contributed by atoms with E-state index in [0.29, 0.717) is 24.5 Å². The number of aromatic nitrogens is 5. The van der Waals surface area contributed by atoms with Crippen molar-refractivity contribution in [2.45, 2.75) is 89.3 Å². The lowest BCUT2D eigenvalue weighted by atomic mass is 9.72. The van der Waals surface area contributed by atoms with Gasteiger partial charge in [-0.3, -0.25) is 4.68 Å². The van der Waals surface area contributed by atoms with Crippen LogP contribution in [0.1, 0.15) is 83.4 Å². The molecule has 2 fully saturated rings. The van der Waals surface area contributed by atoms with Crippen LogP contribution in [-0.2, 0) is 4.74 Å². The minimum Gasteiger partial charge on any atom is -0.390 e. The third-order valence-electron chi connectivity index (χ3n) is 8.04. The number of rotatable bonds is 8. The van der Waals surface area contributed by atoms with Gasteiger partial charge in [-0.15, -0.1) is 5.10 Å². The maximum atomic E-state index is 11.0. The van der Waals surface area contributed by atoms with Crippen molar-refractivity contribution in [3.05, 3.63) is 30.4 Å². The van der Waals surface area contributed by atoms with Crippen LogP contribution in [0.25, 0.3) is 16.6 Å². The van der Waals surface area contributed by atoms with Gasteiger partial charge in [-0.05, 0) is 63.9 Å². The van der Waals surface area contributed by atoms with Crippen molar-refractivity contribution in [1.82, 2.24) is 24.4 Å². The first-order valence-electron chi connectivity index (χ1n) is 12.8. The molecule has 2 saturated carbocycles. The molecule has 3 aromatic rings. The number of anilines is 1. The average Bonchev–Trinajstić information content (AvgIpc) is 3.38. The summed E-state index contributed by atoms with van der Waals surface area (Å²) in [5, 5.41) is 23.9. The topological polar surface area (TPSA) is 89.5 Å². The van der Waals surface area contributed by atoms with Crippen LogP contribution in [0.15, 0.2) is 24.7 Å². The van der Waals surface area contributed by atoms with E-state index in [9.17, 15) is 5.11 Å². The molecule has 0 aromatic carbocycles. The van der Waals surface area contributed by atoms with E-state index in [1.165, 1.54) is 25.0 Å². The highest BCUT2D eigenvalue weighted by atomic mass is 16.5. The monoisotopic (exact) mass is 466 g/mol.